The van der Waals surface area contributed by atoms with E-state index in [-0.39, 0.29) is 35.4 Å². The maximum atomic E-state index is 14.4. The largest absolute Gasteiger partial charge is 0.361 e. The summed E-state index contributed by atoms with van der Waals surface area (Å²) in [6.07, 6.45) is 4.20. The maximum Gasteiger partial charge on any atom is 0.247 e. The van der Waals surface area contributed by atoms with Gasteiger partial charge in [0, 0.05) is 18.1 Å². The van der Waals surface area contributed by atoms with Gasteiger partial charge in [-0.3, -0.25) is 14.4 Å². The van der Waals surface area contributed by atoms with Crippen LogP contribution < -0.4 is 5.32 Å². The first kappa shape index (κ1) is 25.2. The van der Waals surface area contributed by atoms with Crippen LogP contribution in [-0.2, 0) is 27.2 Å². The molecule has 1 aliphatic carbocycles. The van der Waals surface area contributed by atoms with Crippen LogP contribution in [0.5, 0.6) is 0 Å². The number of Topliss-reactive ketones (excluding diaryl/α,β-unsaturated/α-hetero) is 1. The van der Waals surface area contributed by atoms with Gasteiger partial charge >= 0.3 is 0 Å². The predicted octanol–water partition coefficient (Wildman–Crippen LogP) is 4.98. The molecule has 6 heteroatoms. The van der Waals surface area contributed by atoms with Gasteiger partial charge in [0.1, 0.15) is 18.1 Å². The van der Waals surface area contributed by atoms with Crippen LogP contribution in [0, 0.1) is 17.8 Å². The summed E-state index contributed by atoms with van der Waals surface area (Å²) in [5.41, 5.74) is 4.13. The lowest BCUT2D eigenvalue weighted by Crippen LogP contribution is -2.66. The van der Waals surface area contributed by atoms with Crippen LogP contribution in [0.15, 0.2) is 54.7 Å². The summed E-state index contributed by atoms with van der Waals surface area (Å²) < 4.78 is 0. The zero-order valence-corrected chi connectivity index (χ0v) is 22.2. The summed E-state index contributed by atoms with van der Waals surface area (Å²) in [5.74, 6) is -0.0183. The molecule has 3 aromatic rings. The highest BCUT2D eigenvalue weighted by molar-refractivity contribution is 6.01. The van der Waals surface area contributed by atoms with Gasteiger partial charge in [-0.05, 0) is 71.2 Å². The minimum absolute atomic E-state index is 0.0221. The number of piperazine rings is 1. The van der Waals surface area contributed by atoms with Crippen LogP contribution in [0.3, 0.4) is 0 Å². The number of hydrogen-bond donors (Lipinski definition) is 2. The number of carbonyl (C=O) groups is 3. The fourth-order valence-corrected chi connectivity index (χ4v) is 6.13. The predicted molar refractivity (Wildman–Crippen MR) is 145 cm³/mol. The molecule has 0 spiro atoms. The van der Waals surface area contributed by atoms with Crippen molar-refractivity contribution in [2.24, 2.45) is 17.8 Å². The smallest absolute Gasteiger partial charge is 0.247 e. The fraction of sp³-hybridized carbons (Fsp3) is 0.452. The summed E-state index contributed by atoms with van der Waals surface area (Å²) in [4.78, 5) is 46.8. The van der Waals surface area contributed by atoms with Crippen molar-refractivity contribution in [3.8, 4) is 0 Å². The van der Waals surface area contributed by atoms with Gasteiger partial charge in [-0.2, -0.15) is 0 Å². The third-order valence-corrected chi connectivity index (χ3v) is 7.79. The molecule has 0 bridgehead atoms. The van der Waals surface area contributed by atoms with E-state index in [2.05, 4.69) is 22.4 Å². The summed E-state index contributed by atoms with van der Waals surface area (Å²) >= 11 is 0. The third-order valence-electron chi connectivity index (χ3n) is 7.79. The van der Waals surface area contributed by atoms with Crippen molar-refractivity contribution in [3.05, 3.63) is 71.4 Å². The van der Waals surface area contributed by atoms with Gasteiger partial charge < -0.3 is 15.2 Å². The maximum absolute atomic E-state index is 14.4. The molecule has 2 aromatic carbocycles. The molecule has 1 saturated heterocycles. The highest BCUT2D eigenvalue weighted by atomic mass is 16.2. The van der Waals surface area contributed by atoms with E-state index in [1.165, 1.54) is 11.1 Å². The Morgan fingerprint density at radius 1 is 0.973 bits per heavy atom. The Morgan fingerprint density at radius 2 is 1.68 bits per heavy atom. The highest BCUT2D eigenvalue weighted by Crippen LogP contribution is 2.36. The van der Waals surface area contributed by atoms with Gasteiger partial charge in [0.25, 0.3) is 0 Å². The second-order valence-electron chi connectivity index (χ2n) is 11.6. The SMILES string of the molecule is CC(C)CC(=O)[C@@H](c1ccc2cc[nH]c2c1)N1C(=O)[C@@H](C2Cc3ccccc3C2)NC(=O)[C@H]1CC(C)C. The number of nitrogens with zero attached hydrogens (tertiary/aromatic N) is 1. The number of fused-ring (bicyclic) bond motifs is 2. The summed E-state index contributed by atoms with van der Waals surface area (Å²) in [6, 6.07) is 14.0. The van der Waals surface area contributed by atoms with Crippen LogP contribution in [-0.4, -0.2) is 39.6 Å². The van der Waals surface area contributed by atoms with E-state index in [1.54, 1.807) is 4.90 Å². The van der Waals surface area contributed by atoms with Crippen LogP contribution >= 0.6 is 0 Å². The van der Waals surface area contributed by atoms with Crippen LogP contribution in [0.4, 0.5) is 0 Å². The number of aromatic amines is 1. The zero-order valence-electron chi connectivity index (χ0n) is 22.2. The Morgan fingerprint density at radius 3 is 2.32 bits per heavy atom. The van der Waals surface area contributed by atoms with E-state index in [1.807, 2.05) is 70.3 Å². The summed E-state index contributed by atoms with van der Waals surface area (Å²) in [5, 5.41) is 4.14. The van der Waals surface area contributed by atoms with Gasteiger partial charge in [0.05, 0.1) is 0 Å². The molecule has 2 aliphatic rings. The Kier molecular flexibility index (Phi) is 6.93. The molecule has 3 atom stereocenters. The van der Waals surface area contributed by atoms with Crippen molar-refractivity contribution in [2.45, 2.75) is 71.5 Å². The second kappa shape index (κ2) is 10.2. The van der Waals surface area contributed by atoms with Gasteiger partial charge in [0.15, 0.2) is 5.78 Å². The molecule has 0 unspecified atom stereocenters. The number of benzene rings is 2. The molecule has 0 saturated carbocycles. The van der Waals surface area contributed by atoms with Crippen LogP contribution in [0.1, 0.15) is 63.3 Å². The van der Waals surface area contributed by atoms with Gasteiger partial charge in [-0.1, -0.05) is 64.1 Å². The number of nitrogens with one attached hydrogen (secondary N) is 2. The lowest BCUT2D eigenvalue weighted by molar-refractivity contribution is -0.157. The van der Waals surface area contributed by atoms with Crippen molar-refractivity contribution in [1.82, 2.24) is 15.2 Å². The standard InChI is InChI=1S/C31H37N3O3/c1-18(2)13-26-30(36)33-28(24-15-21-7-5-6-8-22(21)16-24)31(37)34(26)29(27(35)14-19(3)4)23-10-9-20-11-12-32-25(20)17-23/h5-12,17-19,24,26,28-29,32H,13-16H2,1-4H3,(H,33,36)/t26-,28-,29-/m1/s1. The number of amides is 2. The first-order chi connectivity index (χ1) is 17.7. The van der Waals surface area contributed by atoms with Crippen molar-refractivity contribution in [2.75, 3.05) is 0 Å². The third kappa shape index (κ3) is 4.94. The van der Waals surface area contributed by atoms with E-state index < -0.39 is 18.1 Å². The number of aromatic nitrogens is 1. The number of carbonyl (C=O) groups excluding carboxylic acids is 3. The quantitative estimate of drug-likeness (QED) is 0.459. The number of hydrogen-bond acceptors (Lipinski definition) is 3. The molecule has 2 amide bonds. The molecule has 194 valence electrons. The normalized spacial score (nSPS) is 21.1. The van der Waals surface area contributed by atoms with Gasteiger partial charge in [-0.25, -0.2) is 0 Å². The summed E-state index contributed by atoms with van der Waals surface area (Å²) in [6.45, 7) is 8.12. The molecule has 2 heterocycles. The van der Waals surface area contributed by atoms with Crippen LogP contribution in [0.25, 0.3) is 10.9 Å². The first-order valence-electron chi connectivity index (χ1n) is 13.5. The zero-order chi connectivity index (χ0) is 26.3. The van der Waals surface area contributed by atoms with Crippen molar-refractivity contribution < 1.29 is 14.4 Å². The average Bonchev–Trinajstić information content (AvgIpc) is 3.49. The van der Waals surface area contributed by atoms with Gasteiger partial charge in [0.2, 0.25) is 11.8 Å². The van der Waals surface area contributed by atoms with E-state index in [4.69, 9.17) is 0 Å². The number of ketones is 1. The molecule has 6 nitrogen and oxygen atoms in total. The molecule has 1 aromatic heterocycles. The lowest BCUT2D eigenvalue weighted by Gasteiger charge is -2.45. The molecule has 5 rings (SSSR count). The molecular weight excluding hydrogens is 462 g/mol. The minimum Gasteiger partial charge on any atom is -0.361 e. The highest BCUT2D eigenvalue weighted by Gasteiger charge is 2.49. The fourth-order valence-electron chi connectivity index (χ4n) is 6.13. The Bertz CT molecular complexity index is 1300. The molecular formula is C31H37N3O3. The van der Waals surface area contributed by atoms with E-state index in [0.717, 1.165) is 29.3 Å². The monoisotopic (exact) mass is 499 g/mol. The summed E-state index contributed by atoms with van der Waals surface area (Å²) in [7, 11) is 0. The molecule has 0 radical (unpaired) electrons. The Balaban J connectivity index is 1.57. The van der Waals surface area contributed by atoms with Crippen molar-refractivity contribution in [1.29, 1.82) is 0 Å². The minimum atomic E-state index is -0.802. The topological polar surface area (TPSA) is 82.3 Å². The van der Waals surface area contributed by atoms with Crippen molar-refractivity contribution in [3.63, 3.8) is 0 Å². The Labute approximate surface area is 218 Å². The first-order valence-corrected chi connectivity index (χ1v) is 13.5. The van der Waals surface area contributed by atoms with E-state index in [9.17, 15) is 14.4 Å². The number of H-pyrrole nitrogens is 1. The van der Waals surface area contributed by atoms with E-state index in [0.29, 0.717) is 12.8 Å². The number of rotatable bonds is 8. The molecule has 37 heavy (non-hydrogen) atoms. The Hall–Kier alpha value is -3.41. The van der Waals surface area contributed by atoms with E-state index >= 15 is 0 Å². The lowest BCUT2D eigenvalue weighted by atomic mass is 9.86. The molecule has 2 N–H and O–H groups in total. The van der Waals surface area contributed by atoms with Crippen LogP contribution in [0.2, 0.25) is 0 Å². The van der Waals surface area contributed by atoms with Crippen molar-refractivity contribution >= 4 is 28.5 Å². The average molecular weight is 500 g/mol. The van der Waals surface area contributed by atoms with Gasteiger partial charge in [-0.15, -0.1) is 0 Å². The molecule has 1 fully saturated rings. The molecule has 1 aliphatic heterocycles. The second-order valence-corrected chi connectivity index (χ2v) is 11.6.